The molecule has 3 nitrogen and oxygen atoms in total. The fourth-order valence-electron chi connectivity index (χ4n) is 1.49. The van der Waals surface area contributed by atoms with Crippen LogP contribution >= 0.6 is 0 Å². The Morgan fingerprint density at radius 3 is 2.47 bits per heavy atom. The summed E-state index contributed by atoms with van der Waals surface area (Å²) in [5, 5.41) is 10.3. The van der Waals surface area contributed by atoms with Crippen molar-refractivity contribution in [2.24, 2.45) is 0 Å². The standard InChI is InChI=1S/C12H16O3/c1-3-12(14,9-11(13)15-2)10-7-5-4-6-8-10/h4-8,14H,3,9H2,1-2H3/t12-/m0/s1. The second-order valence-electron chi connectivity index (χ2n) is 3.50. The van der Waals surface area contributed by atoms with Gasteiger partial charge in [0, 0.05) is 0 Å². The van der Waals surface area contributed by atoms with Gasteiger partial charge >= 0.3 is 5.97 Å². The molecule has 15 heavy (non-hydrogen) atoms. The molecule has 0 saturated heterocycles. The second-order valence-corrected chi connectivity index (χ2v) is 3.50. The summed E-state index contributed by atoms with van der Waals surface area (Å²) in [5.74, 6) is -0.400. The topological polar surface area (TPSA) is 46.5 Å². The first-order valence-electron chi connectivity index (χ1n) is 4.97. The lowest BCUT2D eigenvalue weighted by molar-refractivity contribution is -0.146. The van der Waals surface area contributed by atoms with Crippen LogP contribution in [-0.4, -0.2) is 18.2 Å². The normalized spacial score (nSPS) is 14.3. The first kappa shape index (κ1) is 11.7. The zero-order chi connectivity index (χ0) is 11.3. The summed E-state index contributed by atoms with van der Waals surface area (Å²) >= 11 is 0. The van der Waals surface area contributed by atoms with E-state index in [1.54, 1.807) is 0 Å². The summed E-state index contributed by atoms with van der Waals surface area (Å²) in [6.45, 7) is 1.84. The summed E-state index contributed by atoms with van der Waals surface area (Å²) in [6, 6.07) is 9.18. The maximum absolute atomic E-state index is 11.2. The van der Waals surface area contributed by atoms with Gasteiger partial charge in [0.15, 0.2) is 0 Å². The van der Waals surface area contributed by atoms with Gasteiger partial charge in [0.05, 0.1) is 19.1 Å². The second kappa shape index (κ2) is 4.94. The molecule has 0 unspecified atom stereocenters. The molecule has 1 aromatic carbocycles. The minimum Gasteiger partial charge on any atom is -0.469 e. The zero-order valence-corrected chi connectivity index (χ0v) is 9.06. The van der Waals surface area contributed by atoms with Crippen LogP contribution in [0.2, 0.25) is 0 Å². The van der Waals surface area contributed by atoms with Gasteiger partial charge in [0.25, 0.3) is 0 Å². The first-order valence-corrected chi connectivity index (χ1v) is 4.97. The van der Waals surface area contributed by atoms with Crippen LogP contribution in [0, 0.1) is 0 Å². The highest BCUT2D eigenvalue weighted by Gasteiger charge is 2.30. The molecule has 1 aromatic rings. The molecular formula is C12H16O3. The van der Waals surface area contributed by atoms with E-state index < -0.39 is 11.6 Å². The number of carbonyl (C=O) groups is 1. The van der Waals surface area contributed by atoms with E-state index in [1.807, 2.05) is 37.3 Å². The highest BCUT2D eigenvalue weighted by molar-refractivity contribution is 5.70. The molecule has 82 valence electrons. The van der Waals surface area contributed by atoms with Gasteiger partial charge in [-0.25, -0.2) is 0 Å². The number of rotatable bonds is 4. The average Bonchev–Trinajstić information content (AvgIpc) is 2.30. The molecule has 0 bridgehead atoms. The summed E-state index contributed by atoms with van der Waals surface area (Å²) in [5.41, 5.74) is -0.369. The lowest BCUT2D eigenvalue weighted by Gasteiger charge is -2.25. The average molecular weight is 208 g/mol. The van der Waals surface area contributed by atoms with Crippen LogP contribution in [0.25, 0.3) is 0 Å². The molecule has 0 aliphatic heterocycles. The summed E-state index contributed by atoms with van der Waals surface area (Å²) < 4.78 is 4.57. The Balaban J connectivity index is 2.90. The molecular weight excluding hydrogens is 192 g/mol. The van der Waals surface area contributed by atoms with Gasteiger partial charge in [-0.2, -0.15) is 0 Å². The van der Waals surface area contributed by atoms with Crippen molar-refractivity contribution in [2.45, 2.75) is 25.4 Å². The molecule has 0 radical (unpaired) electrons. The van der Waals surface area contributed by atoms with E-state index in [4.69, 9.17) is 0 Å². The molecule has 3 heteroatoms. The minimum atomic E-state index is -1.12. The van der Waals surface area contributed by atoms with Crippen LogP contribution in [-0.2, 0) is 15.1 Å². The molecule has 0 spiro atoms. The maximum Gasteiger partial charge on any atom is 0.308 e. The van der Waals surface area contributed by atoms with Gasteiger partial charge in [-0.3, -0.25) is 4.79 Å². The third-order valence-corrected chi connectivity index (χ3v) is 2.56. The van der Waals surface area contributed by atoms with Crippen molar-refractivity contribution in [3.05, 3.63) is 35.9 Å². The highest BCUT2D eigenvalue weighted by Crippen LogP contribution is 2.28. The van der Waals surface area contributed by atoms with Crippen LogP contribution in [0.15, 0.2) is 30.3 Å². The summed E-state index contributed by atoms with van der Waals surface area (Å²) in [7, 11) is 1.32. The highest BCUT2D eigenvalue weighted by atomic mass is 16.5. The fourth-order valence-corrected chi connectivity index (χ4v) is 1.49. The van der Waals surface area contributed by atoms with Gasteiger partial charge in [-0.15, -0.1) is 0 Å². The van der Waals surface area contributed by atoms with E-state index in [-0.39, 0.29) is 6.42 Å². The van der Waals surface area contributed by atoms with Gasteiger partial charge in [-0.1, -0.05) is 37.3 Å². The molecule has 0 fully saturated rings. The van der Waals surface area contributed by atoms with Gasteiger partial charge in [0.1, 0.15) is 0 Å². The molecule has 0 aliphatic carbocycles. The molecule has 0 aliphatic rings. The molecule has 1 rings (SSSR count). The van der Waals surface area contributed by atoms with Gasteiger partial charge < -0.3 is 9.84 Å². The van der Waals surface area contributed by atoms with Crippen molar-refractivity contribution >= 4 is 5.97 Å². The monoisotopic (exact) mass is 208 g/mol. The Kier molecular flexibility index (Phi) is 3.86. The minimum absolute atomic E-state index is 0.00991. The Morgan fingerprint density at radius 2 is 2.00 bits per heavy atom. The number of hydrogen-bond acceptors (Lipinski definition) is 3. The van der Waals surface area contributed by atoms with Crippen LogP contribution in [0.3, 0.4) is 0 Å². The quantitative estimate of drug-likeness (QED) is 0.768. The van der Waals surface area contributed by atoms with E-state index >= 15 is 0 Å². The maximum atomic E-state index is 11.2. The number of esters is 1. The van der Waals surface area contributed by atoms with Crippen molar-refractivity contribution < 1.29 is 14.6 Å². The third kappa shape index (κ3) is 2.80. The SMILES string of the molecule is CC[C@](O)(CC(=O)OC)c1ccccc1. The molecule has 0 heterocycles. The summed E-state index contributed by atoms with van der Waals surface area (Å²) in [4.78, 5) is 11.2. The lowest BCUT2D eigenvalue weighted by atomic mass is 9.88. The van der Waals surface area contributed by atoms with Crippen LogP contribution in [0.4, 0.5) is 0 Å². The lowest BCUT2D eigenvalue weighted by Crippen LogP contribution is -2.28. The largest absolute Gasteiger partial charge is 0.469 e. The van der Waals surface area contributed by atoms with Crippen molar-refractivity contribution in [3.63, 3.8) is 0 Å². The zero-order valence-electron chi connectivity index (χ0n) is 9.06. The third-order valence-electron chi connectivity index (χ3n) is 2.56. The number of ether oxygens (including phenoxy) is 1. The van der Waals surface area contributed by atoms with Crippen molar-refractivity contribution in [1.29, 1.82) is 0 Å². The Bertz CT molecular complexity index is 321. The predicted molar refractivity (Wildman–Crippen MR) is 57.3 cm³/mol. The van der Waals surface area contributed by atoms with E-state index in [9.17, 15) is 9.90 Å². The van der Waals surface area contributed by atoms with Crippen molar-refractivity contribution in [2.75, 3.05) is 7.11 Å². The van der Waals surface area contributed by atoms with Crippen molar-refractivity contribution in [1.82, 2.24) is 0 Å². The Morgan fingerprint density at radius 1 is 1.40 bits per heavy atom. The number of aliphatic hydroxyl groups is 1. The van der Waals surface area contributed by atoms with E-state index in [1.165, 1.54) is 7.11 Å². The predicted octanol–water partition coefficient (Wildman–Crippen LogP) is 1.85. The Labute approximate surface area is 89.7 Å². The molecule has 1 N–H and O–H groups in total. The van der Waals surface area contributed by atoms with Crippen molar-refractivity contribution in [3.8, 4) is 0 Å². The molecule has 0 aromatic heterocycles. The molecule has 0 saturated carbocycles. The van der Waals surface area contributed by atoms with Crippen LogP contribution in [0.1, 0.15) is 25.3 Å². The van der Waals surface area contributed by atoms with Gasteiger partial charge in [-0.05, 0) is 12.0 Å². The van der Waals surface area contributed by atoms with E-state index in [0.717, 1.165) is 5.56 Å². The number of benzene rings is 1. The van der Waals surface area contributed by atoms with Crippen LogP contribution < -0.4 is 0 Å². The summed E-state index contributed by atoms with van der Waals surface area (Å²) in [6.07, 6.45) is 0.468. The first-order chi connectivity index (χ1) is 7.12. The molecule has 1 atom stereocenters. The van der Waals surface area contributed by atoms with E-state index in [2.05, 4.69) is 4.74 Å². The fraction of sp³-hybridized carbons (Fsp3) is 0.417. The van der Waals surface area contributed by atoms with E-state index in [0.29, 0.717) is 6.42 Å². The number of methoxy groups -OCH3 is 1. The smallest absolute Gasteiger partial charge is 0.308 e. The molecule has 0 amide bonds. The number of hydrogen-bond donors (Lipinski definition) is 1. The number of carbonyl (C=O) groups excluding carboxylic acids is 1. The van der Waals surface area contributed by atoms with Crippen LogP contribution in [0.5, 0.6) is 0 Å². The van der Waals surface area contributed by atoms with Gasteiger partial charge in [0.2, 0.25) is 0 Å². The Hall–Kier alpha value is -1.35.